The third-order valence-corrected chi connectivity index (χ3v) is 3.76. The molecule has 0 saturated heterocycles. The molecule has 0 N–H and O–H groups in total. The smallest absolute Gasteiger partial charge is 0.265 e. The van der Waals surface area contributed by atoms with E-state index in [-0.39, 0.29) is 18.6 Å². The summed E-state index contributed by atoms with van der Waals surface area (Å²) in [6, 6.07) is 5.86. The van der Waals surface area contributed by atoms with Crippen molar-refractivity contribution in [1.82, 2.24) is 15.0 Å². The summed E-state index contributed by atoms with van der Waals surface area (Å²) in [5.41, 5.74) is 1.50. The predicted octanol–water partition coefficient (Wildman–Crippen LogP) is 2.55. The van der Waals surface area contributed by atoms with Crippen molar-refractivity contribution in [2.24, 2.45) is 0 Å². The molecule has 1 amide bonds. The predicted molar refractivity (Wildman–Crippen MR) is 81.2 cm³/mol. The molecular weight excluding hydrogens is 336 g/mol. The van der Waals surface area contributed by atoms with Crippen molar-refractivity contribution in [1.29, 1.82) is 0 Å². The first kappa shape index (κ1) is 14.1. The Kier molecular flexibility index (Phi) is 3.67. The van der Waals surface area contributed by atoms with Crippen LogP contribution in [0.15, 0.2) is 28.9 Å². The number of anilines is 1. The van der Waals surface area contributed by atoms with Gasteiger partial charge in [-0.2, -0.15) is 0 Å². The number of carbonyl (C=O) groups excluding carboxylic acids is 1. The van der Waals surface area contributed by atoms with Crippen LogP contribution in [0.2, 0.25) is 0 Å². The van der Waals surface area contributed by atoms with E-state index >= 15 is 0 Å². The average molecular weight is 351 g/mol. The van der Waals surface area contributed by atoms with E-state index in [1.54, 1.807) is 9.58 Å². The molecule has 7 heteroatoms. The molecule has 0 fully saturated rings. The summed E-state index contributed by atoms with van der Waals surface area (Å²) in [5, 5.41) is 8.20. The fourth-order valence-electron chi connectivity index (χ4n) is 2.15. The maximum atomic E-state index is 12.1. The second-order valence-corrected chi connectivity index (χ2v) is 6.08. The molecule has 21 heavy (non-hydrogen) atoms. The minimum Gasteiger partial charge on any atom is -0.482 e. The van der Waals surface area contributed by atoms with E-state index in [9.17, 15) is 4.79 Å². The molecule has 1 aliphatic rings. The number of rotatable bonds is 3. The van der Waals surface area contributed by atoms with Gasteiger partial charge < -0.3 is 4.74 Å². The SMILES string of the molecule is CC(C)n1cc(CN2C(=O)COc3ccc(Br)cc32)nn1. The summed E-state index contributed by atoms with van der Waals surface area (Å²) < 4.78 is 8.13. The number of fused-ring (bicyclic) bond motifs is 1. The van der Waals surface area contributed by atoms with Gasteiger partial charge in [0.15, 0.2) is 6.61 Å². The fourth-order valence-corrected chi connectivity index (χ4v) is 2.50. The summed E-state index contributed by atoms with van der Waals surface area (Å²) >= 11 is 3.42. The quantitative estimate of drug-likeness (QED) is 0.853. The molecule has 0 spiro atoms. The Bertz CT molecular complexity index is 683. The first-order valence-electron chi connectivity index (χ1n) is 6.68. The van der Waals surface area contributed by atoms with Crippen LogP contribution in [0.1, 0.15) is 25.6 Å². The Morgan fingerprint density at radius 1 is 1.43 bits per heavy atom. The summed E-state index contributed by atoms with van der Waals surface area (Å²) in [5.74, 6) is 0.619. The van der Waals surface area contributed by atoms with Crippen molar-refractivity contribution >= 4 is 27.5 Å². The Morgan fingerprint density at radius 2 is 2.24 bits per heavy atom. The molecule has 1 aliphatic heterocycles. The van der Waals surface area contributed by atoms with E-state index in [2.05, 4.69) is 26.2 Å². The Morgan fingerprint density at radius 3 is 2.95 bits per heavy atom. The van der Waals surface area contributed by atoms with Gasteiger partial charge in [-0.3, -0.25) is 9.69 Å². The second-order valence-electron chi connectivity index (χ2n) is 5.16. The summed E-state index contributed by atoms with van der Waals surface area (Å²) in [7, 11) is 0. The van der Waals surface area contributed by atoms with E-state index in [0.717, 1.165) is 15.9 Å². The normalized spacial score (nSPS) is 14.3. The van der Waals surface area contributed by atoms with Gasteiger partial charge in [0.25, 0.3) is 5.91 Å². The van der Waals surface area contributed by atoms with Gasteiger partial charge >= 0.3 is 0 Å². The molecule has 6 nitrogen and oxygen atoms in total. The zero-order valence-electron chi connectivity index (χ0n) is 11.8. The number of aromatic nitrogens is 3. The molecular formula is C14H15BrN4O2. The van der Waals surface area contributed by atoms with Crippen LogP contribution in [0, 0.1) is 0 Å². The van der Waals surface area contributed by atoms with Crippen LogP contribution in [0.3, 0.4) is 0 Å². The summed E-state index contributed by atoms with van der Waals surface area (Å²) in [6.45, 7) is 4.50. The second kappa shape index (κ2) is 5.48. The Hall–Kier alpha value is -1.89. The highest BCUT2D eigenvalue weighted by molar-refractivity contribution is 9.10. The van der Waals surface area contributed by atoms with Gasteiger partial charge in [0, 0.05) is 10.5 Å². The molecule has 110 valence electrons. The first-order valence-corrected chi connectivity index (χ1v) is 7.47. The number of carbonyl (C=O) groups is 1. The van der Waals surface area contributed by atoms with Crippen LogP contribution in [-0.4, -0.2) is 27.5 Å². The lowest BCUT2D eigenvalue weighted by atomic mass is 10.2. The number of hydrogen-bond donors (Lipinski definition) is 0. The van der Waals surface area contributed by atoms with Gasteiger partial charge in [0.05, 0.1) is 18.4 Å². The van der Waals surface area contributed by atoms with Crippen molar-refractivity contribution in [3.8, 4) is 5.75 Å². The van der Waals surface area contributed by atoms with Gasteiger partial charge in [-0.1, -0.05) is 21.1 Å². The lowest BCUT2D eigenvalue weighted by molar-refractivity contribution is -0.121. The lowest BCUT2D eigenvalue weighted by Gasteiger charge is -2.28. The summed E-state index contributed by atoms with van der Waals surface area (Å²) in [4.78, 5) is 13.8. The highest BCUT2D eigenvalue weighted by Crippen LogP contribution is 2.35. The average Bonchev–Trinajstić information content (AvgIpc) is 2.91. The highest BCUT2D eigenvalue weighted by Gasteiger charge is 2.26. The van der Waals surface area contributed by atoms with Crippen molar-refractivity contribution < 1.29 is 9.53 Å². The van der Waals surface area contributed by atoms with E-state index in [1.165, 1.54) is 0 Å². The van der Waals surface area contributed by atoms with E-state index < -0.39 is 0 Å². The van der Waals surface area contributed by atoms with Crippen LogP contribution in [0.5, 0.6) is 5.75 Å². The fraction of sp³-hybridized carbons (Fsp3) is 0.357. The molecule has 1 aromatic carbocycles. The van der Waals surface area contributed by atoms with Crippen LogP contribution in [-0.2, 0) is 11.3 Å². The zero-order chi connectivity index (χ0) is 15.0. The van der Waals surface area contributed by atoms with E-state index in [1.807, 2.05) is 38.2 Å². The molecule has 0 unspecified atom stereocenters. The number of ether oxygens (including phenoxy) is 1. The largest absolute Gasteiger partial charge is 0.482 e. The molecule has 0 bridgehead atoms. The van der Waals surface area contributed by atoms with Gasteiger partial charge in [0.2, 0.25) is 0 Å². The molecule has 0 aliphatic carbocycles. The van der Waals surface area contributed by atoms with Crippen molar-refractivity contribution in [2.75, 3.05) is 11.5 Å². The number of benzene rings is 1. The summed E-state index contributed by atoms with van der Waals surface area (Å²) in [6.07, 6.45) is 1.87. The maximum Gasteiger partial charge on any atom is 0.265 e. The monoisotopic (exact) mass is 350 g/mol. The van der Waals surface area contributed by atoms with E-state index in [0.29, 0.717) is 12.3 Å². The Balaban J connectivity index is 1.90. The molecule has 0 radical (unpaired) electrons. The van der Waals surface area contributed by atoms with Crippen LogP contribution < -0.4 is 9.64 Å². The first-order chi connectivity index (χ1) is 10.0. The number of hydrogen-bond acceptors (Lipinski definition) is 4. The minimum absolute atomic E-state index is 0.0486. The topological polar surface area (TPSA) is 60.2 Å². The van der Waals surface area contributed by atoms with Crippen molar-refractivity contribution in [3.05, 3.63) is 34.6 Å². The number of halogens is 1. The third kappa shape index (κ3) is 2.78. The van der Waals surface area contributed by atoms with Gasteiger partial charge in [-0.25, -0.2) is 4.68 Å². The van der Waals surface area contributed by atoms with Crippen LogP contribution in [0.4, 0.5) is 5.69 Å². The number of nitrogens with zero attached hydrogens (tertiary/aromatic N) is 4. The van der Waals surface area contributed by atoms with Crippen molar-refractivity contribution in [3.63, 3.8) is 0 Å². The molecule has 0 atom stereocenters. The lowest BCUT2D eigenvalue weighted by Crippen LogP contribution is -2.38. The number of amides is 1. The molecule has 0 saturated carbocycles. The third-order valence-electron chi connectivity index (χ3n) is 3.27. The van der Waals surface area contributed by atoms with Gasteiger partial charge in [0.1, 0.15) is 11.4 Å². The van der Waals surface area contributed by atoms with Gasteiger partial charge in [-0.05, 0) is 32.0 Å². The molecule has 3 rings (SSSR count). The van der Waals surface area contributed by atoms with Crippen LogP contribution >= 0.6 is 15.9 Å². The minimum atomic E-state index is -0.0836. The Labute approximate surface area is 130 Å². The maximum absolute atomic E-state index is 12.1. The van der Waals surface area contributed by atoms with Crippen LogP contribution in [0.25, 0.3) is 0 Å². The van der Waals surface area contributed by atoms with Gasteiger partial charge in [-0.15, -0.1) is 5.10 Å². The molecule has 2 heterocycles. The van der Waals surface area contributed by atoms with E-state index in [4.69, 9.17) is 4.74 Å². The molecule has 2 aromatic rings. The zero-order valence-corrected chi connectivity index (χ0v) is 13.4. The molecule has 1 aromatic heterocycles. The van der Waals surface area contributed by atoms with Crippen molar-refractivity contribution in [2.45, 2.75) is 26.4 Å². The highest BCUT2D eigenvalue weighted by atomic mass is 79.9. The standard InChI is InChI=1S/C14H15BrN4O2/c1-9(2)19-7-11(16-17-19)6-18-12-5-10(15)3-4-13(12)21-8-14(18)20/h3-5,7,9H,6,8H2,1-2H3.